The molecule has 0 spiro atoms. The molecule has 3 saturated carbocycles. The molecule has 1 aliphatic heterocycles. The zero-order valence-corrected chi connectivity index (χ0v) is 19.6. The Morgan fingerprint density at radius 1 is 1.07 bits per heavy atom. The van der Waals surface area contributed by atoms with Crippen LogP contribution in [0.3, 0.4) is 0 Å². The van der Waals surface area contributed by atoms with Gasteiger partial charge in [0.1, 0.15) is 0 Å². The molecule has 4 nitrogen and oxygen atoms in total. The minimum Gasteiger partial charge on any atom is -0.351 e. The maximum atomic E-state index is 13.0. The van der Waals surface area contributed by atoms with Gasteiger partial charge in [0.2, 0.25) is 11.8 Å². The van der Waals surface area contributed by atoms with E-state index in [1.807, 2.05) is 13.8 Å². The van der Waals surface area contributed by atoms with E-state index in [4.69, 9.17) is 0 Å². The first-order chi connectivity index (χ1) is 13.5. The zero-order chi connectivity index (χ0) is 21.6. The number of carbonyl (C=O) groups excluding carboxylic acids is 2. The van der Waals surface area contributed by atoms with E-state index >= 15 is 0 Å². The molecule has 0 saturated heterocycles. The summed E-state index contributed by atoms with van der Waals surface area (Å²) in [5.74, 6) is 2.41. The van der Waals surface area contributed by atoms with Gasteiger partial charge in [0, 0.05) is 22.9 Å². The fraction of sp³-hybridized carbons (Fsp3) is 0.846. The third-order valence-electron chi connectivity index (χ3n) is 8.50. The second kappa shape index (κ2) is 8.67. The number of amides is 2. The van der Waals surface area contributed by atoms with Crippen molar-refractivity contribution in [3.63, 3.8) is 0 Å². The van der Waals surface area contributed by atoms with Gasteiger partial charge < -0.3 is 10.6 Å². The summed E-state index contributed by atoms with van der Waals surface area (Å²) in [6, 6.07) is 0.280. The molecule has 30 heavy (non-hydrogen) atoms. The van der Waals surface area contributed by atoms with Gasteiger partial charge in [-0.1, -0.05) is 41.2 Å². The first-order valence-corrected chi connectivity index (χ1v) is 11.9. The normalized spacial score (nSPS) is 41.7. The fourth-order valence-corrected chi connectivity index (χ4v) is 7.22. The van der Waals surface area contributed by atoms with Crippen molar-refractivity contribution in [2.75, 3.05) is 0 Å². The summed E-state index contributed by atoms with van der Waals surface area (Å²) in [5.41, 5.74) is 0.0323. The predicted molar refractivity (Wildman–Crippen MR) is 125 cm³/mol. The van der Waals surface area contributed by atoms with Crippen LogP contribution in [-0.2, 0) is 9.59 Å². The molecule has 0 aromatic carbocycles. The first kappa shape index (κ1) is 24.9. The molecule has 4 rings (SSSR count). The second-order valence-electron chi connectivity index (χ2n) is 11.1. The Morgan fingerprint density at radius 3 is 2.37 bits per heavy atom. The maximum Gasteiger partial charge on any atom is 0.243 e. The average molecular weight is 419 g/mol. The lowest BCUT2D eigenvalue weighted by Gasteiger charge is -2.58. The van der Waals surface area contributed by atoms with Gasteiger partial charge in [0.25, 0.3) is 0 Å². The lowest BCUT2D eigenvalue weighted by atomic mass is 9.48. The fourth-order valence-electron chi connectivity index (χ4n) is 7.22. The van der Waals surface area contributed by atoms with E-state index < -0.39 is 0 Å². The third-order valence-corrected chi connectivity index (χ3v) is 8.50. The molecular formula is C26H46N2O2. The molecule has 0 aromatic heterocycles. The van der Waals surface area contributed by atoms with Crippen molar-refractivity contribution >= 4 is 11.8 Å². The van der Waals surface area contributed by atoms with Crippen LogP contribution in [0.15, 0.2) is 12.2 Å². The van der Waals surface area contributed by atoms with Crippen LogP contribution in [0, 0.1) is 34.5 Å². The highest BCUT2D eigenvalue weighted by Crippen LogP contribution is 2.65. The van der Waals surface area contributed by atoms with Crippen molar-refractivity contribution in [3.8, 4) is 0 Å². The van der Waals surface area contributed by atoms with Crippen molar-refractivity contribution in [2.24, 2.45) is 34.5 Å². The van der Waals surface area contributed by atoms with Gasteiger partial charge in [-0.3, -0.25) is 9.59 Å². The van der Waals surface area contributed by atoms with Crippen LogP contribution in [0.4, 0.5) is 0 Å². The SMILES string of the molecule is C.CC.CC(C)(C)NC(=O)[C@H]1CCC2C3CCC4NC(=O)C=C[C@]4(C)C3CC[C@@]21C. The van der Waals surface area contributed by atoms with Crippen molar-refractivity contribution in [1.82, 2.24) is 10.6 Å². The first-order valence-electron chi connectivity index (χ1n) is 11.9. The summed E-state index contributed by atoms with van der Waals surface area (Å²) in [6.45, 7) is 15.0. The van der Waals surface area contributed by atoms with Gasteiger partial charge in [-0.05, 0) is 88.5 Å². The van der Waals surface area contributed by atoms with E-state index in [1.165, 1.54) is 19.3 Å². The molecule has 172 valence electrons. The summed E-state index contributed by atoms with van der Waals surface area (Å²) in [7, 11) is 0. The van der Waals surface area contributed by atoms with Gasteiger partial charge in [-0.25, -0.2) is 0 Å². The Bertz CT molecular complexity index is 679. The number of nitrogens with one attached hydrogen (secondary N) is 2. The molecule has 3 aliphatic carbocycles. The van der Waals surface area contributed by atoms with Gasteiger partial charge in [-0.15, -0.1) is 0 Å². The lowest BCUT2D eigenvalue weighted by Crippen LogP contribution is -2.59. The van der Waals surface area contributed by atoms with E-state index in [2.05, 4.69) is 51.3 Å². The number of hydrogen-bond donors (Lipinski definition) is 2. The minimum atomic E-state index is -0.167. The topological polar surface area (TPSA) is 58.2 Å². The molecule has 2 amide bonds. The molecule has 2 N–H and O–H groups in total. The smallest absolute Gasteiger partial charge is 0.243 e. The van der Waals surface area contributed by atoms with Crippen LogP contribution in [-0.4, -0.2) is 23.4 Å². The highest BCUT2D eigenvalue weighted by molar-refractivity contribution is 5.89. The Labute approximate surface area is 185 Å². The molecule has 4 unspecified atom stereocenters. The molecule has 0 radical (unpaired) electrons. The highest BCUT2D eigenvalue weighted by Gasteiger charge is 2.60. The van der Waals surface area contributed by atoms with Crippen molar-refractivity contribution in [2.45, 2.75) is 106 Å². The number of fused-ring (bicyclic) bond motifs is 5. The minimum absolute atomic E-state index is 0. The van der Waals surface area contributed by atoms with Crippen LogP contribution in [0.1, 0.15) is 94.4 Å². The summed E-state index contributed by atoms with van der Waals surface area (Å²) in [4.78, 5) is 24.9. The van der Waals surface area contributed by atoms with Gasteiger partial charge in [-0.2, -0.15) is 0 Å². The van der Waals surface area contributed by atoms with E-state index in [-0.39, 0.29) is 47.6 Å². The maximum absolute atomic E-state index is 13.0. The van der Waals surface area contributed by atoms with E-state index in [0.29, 0.717) is 17.8 Å². The van der Waals surface area contributed by atoms with Crippen LogP contribution < -0.4 is 10.6 Å². The largest absolute Gasteiger partial charge is 0.351 e. The third kappa shape index (κ3) is 4.08. The van der Waals surface area contributed by atoms with Crippen LogP contribution >= 0.6 is 0 Å². The van der Waals surface area contributed by atoms with Crippen molar-refractivity contribution in [3.05, 3.63) is 12.2 Å². The summed E-state index contributed by atoms with van der Waals surface area (Å²) >= 11 is 0. The Hall–Kier alpha value is -1.32. The molecule has 1 heterocycles. The molecule has 7 atom stereocenters. The molecule has 0 bridgehead atoms. The number of carbonyl (C=O) groups is 2. The number of rotatable bonds is 1. The van der Waals surface area contributed by atoms with Gasteiger partial charge >= 0.3 is 0 Å². The van der Waals surface area contributed by atoms with Crippen molar-refractivity contribution in [1.29, 1.82) is 0 Å². The van der Waals surface area contributed by atoms with E-state index in [9.17, 15) is 9.59 Å². The molecule has 0 aromatic rings. The second-order valence-corrected chi connectivity index (χ2v) is 11.1. The quantitative estimate of drug-likeness (QED) is 0.592. The van der Waals surface area contributed by atoms with Gasteiger partial charge in [0.05, 0.1) is 0 Å². The summed E-state index contributed by atoms with van der Waals surface area (Å²) < 4.78 is 0. The van der Waals surface area contributed by atoms with Crippen LogP contribution in [0.2, 0.25) is 0 Å². The summed E-state index contributed by atoms with van der Waals surface area (Å²) in [6.07, 6.45) is 10.7. The Balaban J connectivity index is 0.00000104. The van der Waals surface area contributed by atoms with Crippen molar-refractivity contribution < 1.29 is 9.59 Å². The van der Waals surface area contributed by atoms with Gasteiger partial charge in [0.15, 0.2) is 0 Å². The van der Waals surface area contributed by atoms with Crippen LogP contribution in [0.5, 0.6) is 0 Å². The van der Waals surface area contributed by atoms with Crippen LogP contribution in [0.25, 0.3) is 0 Å². The molecule has 4 heteroatoms. The monoisotopic (exact) mass is 418 g/mol. The number of hydrogen-bond acceptors (Lipinski definition) is 2. The van der Waals surface area contributed by atoms with E-state index in [0.717, 1.165) is 19.3 Å². The lowest BCUT2D eigenvalue weighted by molar-refractivity contribution is -0.135. The molecule has 4 aliphatic rings. The predicted octanol–water partition coefficient (Wildman–Crippen LogP) is 5.48. The molecule has 3 fully saturated rings. The molecular weight excluding hydrogens is 372 g/mol. The zero-order valence-electron chi connectivity index (χ0n) is 19.6. The average Bonchev–Trinajstić information content (AvgIpc) is 3.00. The Kier molecular flexibility index (Phi) is 7.21. The standard InChI is InChI=1S/C23H36N2O2.C2H6.CH4/c1-21(2,3)25-20(27)17-8-7-15-14-6-9-18-23(5,13-11-19(26)24-18)16(14)10-12-22(15,17)4;1-2;/h11,13-18H,6-10,12H2,1-5H3,(H,24,26)(H,25,27);1-2H3;1H4/t14?,15?,16?,17-,18?,22+,23-;;/m1../s1. The highest BCUT2D eigenvalue weighted by atomic mass is 16.2. The Morgan fingerprint density at radius 2 is 1.73 bits per heavy atom. The van der Waals surface area contributed by atoms with E-state index in [1.54, 1.807) is 6.08 Å². The summed E-state index contributed by atoms with van der Waals surface area (Å²) in [5, 5.41) is 6.48.